The zero-order valence-corrected chi connectivity index (χ0v) is 9.12. The molecule has 2 nitrogen and oxygen atoms in total. The Morgan fingerprint density at radius 2 is 2.19 bits per heavy atom. The van der Waals surface area contributed by atoms with E-state index in [1.54, 1.807) is 12.1 Å². The van der Waals surface area contributed by atoms with Crippen molar-refractivity contribution in [3.8, 4) is 0 Å². The van der Waals surface area contributed by atoms with Crippen molar-refractivity contribution in [3.63, 3.8) is 0 Å². The monoisotopic (exact) mass is 240 g/mol. The maximum atomic E-state index is 13.0. The van der Waals surface area contributed by atoms with Crippen molar-refractivity contribution >= 4 is 11.6 Å². The first-order valence-electron chi connectivity index (χ1n) is 4.81. The first-order valence-corrected chi connectivity index (χ1v) is 5.19. The van der Waals surface area contributed by atoms with E-state index < -0.39 is 11.9 Å². The molecular formula is C12H10ClFO2. The fourth-order valence-electron chi connectivity index (χ4n) is 1.50. The summed E-state index contributed by atoms with van der Waals surface area (Å²) >= 11 is 5.70. The van der Waals surface area contributed by atoms with Crippen molar-refractivity contribution in [1.29, 1.82) is 0 Å². The molecule has 4 heteroatoms. The SMILES string of the molecule is OC(Cc1ccco1)c1cc(F)cc(Cl)c1. The third-order valence-corrected chi connectivity index (χ3v) is 2.46. The van der Waals surface area contributed by atoms with Crippen molar-refractivity contribution < 1.29 is 13.9 Å². The van der Waals surface area contributed by atoms with Gasteiger partial charge in [-0.15, -0.1) is 0 Å². The number of benzene rings is 1. The third kappa shape index (κ3) is 2.62. The molecule has 1 unspecified atom stereocenters. The highest BCUT2D eigenvalue weighted by molar-refractivity contribution is 6.30. The molecule has 1 aromatic carbocycles. The van der Waals surface area contributed by atoms with Gasteiger partial charge in [0.25, 0.3) is 0 Å². The number of hydrogen-bond acceptors (Lipinski definition) is 2. The van der Waals surface area contributed by atoms with Crippen molar-refractivity contribution in [2.75, 3.05) is 0 Å². The highest BCUT2D eigenvalue weighted by Gasteiger charge is 2.12. The van der Waals surface area contributed by atoms with E-state index in [0.29, 0.717) is 17.7 Å². The van der Waals surface area contributed by atoms with E-state index in [0.717, 1.165) is 0 Å². The van der Waals surface area contributed by atoms with Gasteiger partial charge in [0.05, 0.1) is 12.4 Å². The molecule has 0 saturated carbocycles. The molecule has 0 amide bonds. The lowest BCUT2D eigenvalue weighted by Gasteiger charge is -2.09. The maximum absolute atomic E-state index is 13.0. The minimum absolute atomic E-state index is 0.272. The Labute approximate surface area is 97.3 Å². The Morgan fingerprint density at radius 3 is 2.81 bits per heavy atom. The van der Waals surface area contributed by atoms with Gasteiger partial charge in [-0.3, -0.25) is 0 Å². The number of aliphatic hydroxyl groups excluding tert-OH is 1. The summed E-state index contributed by atoms with van der Waals surface area (Å²) in [4.78, 5) is 0. The Bertz CT molecular complexity index is 448. The van der Waals surface area contributed by atoms with Crippen LogP contribution in [-0.4, -0.2) is 5.11 Å². The third-order valence-electron chi connectivity index (χ3n) is 2.24. The molecule has 16 heavy (non-hydrogen) atoms. The van der Waals surface area contributed by atoms with Crippen molar-refractivity contribution in [2.45, 2.75) is 12.5 Å². The molecule has 0 saturated heterocycles. The van der Waals surface area contributed by atoms with E-state index in [1.165, 1.54) is 24.5 Å². The van der Waals surface area contributed by atoms with Gasteiger partial charge in [-0.05, 0) is 35.9 Å². The molecule has 0 fully saturated rings. The second-order valence-electron chi connectivity index (χ2n) is 3.50. The van der Waals surface area contributed by atoms with Crippen LogP contribution in [0.15, 0.2) is 41.0 Å². The Hall–Kier alpha value is -1.32. The van der Waals surface area contributed by atoms with Crippen LogP contribution in [0, 0.1) is 5.82 Å². The quantitative estimate of drug-likeness (QED) is 0.893. The average molecular weight is 241 g/mol. The van der Waals surface area contributed by atoms with Gasteiger partial charge in [-0.25, -0.2) is 4.39 Å². The van der Waals surface area contributed by atoms with Crippen LogP contribution in [0.4, 0.5) is 4.39 Å². The predicted octanol–water partition coefficient (Wildman–Crippen LogP) is 3.35. The molecule has 0 spiro atoms. The molecule has 1 heterocycles. The van der Waals surface area contributed by atoms with Gasteiger partial charge >= 0.3 is 0 Å². The van der Waals surface area contributed by atoms with Crippen molar-refractivity contribution in [3.05, 3.63) is 58.8 Å². The molecule has 84 valence electrons. The van der Waals surface area contributed by atoms with Crippen molar-refractivity contribution in [2.24, 2.45) is 0 Å². The van der Waals surface area contributed by atoms with Crippen LogP contribution in [0.25, 0.3) is 0 Å². The van der Waals surface area contributed by atoms with Crippen LogP contribution in [0.1, 0.15) is 17.4 Å². The Balaban J connectivity index is 2.17. The van der Waals surface area contributed by atoms with Gasteiger partial charge in [0.15, 0.2) is 0 Å². The van der Waals surface area contributed by atoms with Gasteiger partial charge in [0.2, 0.25) is 0 Å². The highest BCUT2D eigenvalue weighted by atomic mass is 35.5. The number of furan rings is 1. The minimum Gasteiger partial charge on any atom is -0.469 e. The van der Waals surface area contributed by atoms with Gasteiger partial charge in [0.1, 0.15) is 11.6 Å². The summed E-state index contributed by atoms with van der Waals surface area (Å²) in [7, 11) is 0. The molecular weight excluding hydrogens is 231 g/mol. The summed E-state index contributed by atoms with van der Waals surface area (Å²) in [6.07, 6.45) is 1.01. The number of halogens is 2. The number of hydrogen-bond donors (Lipinski definition) is 1. The summed E-state index contributed by atoms with van der Waals surface area (Å²) < 4.78 is 18.1. The highest BCUT2D eigenvalue weighted by Crippen LogP contribution is 2.23. The summed E-state index contributed by atoms with van der Waals surface area (Å²) in [5.74, 6) is 0.189. The van der Waals surface area contributed by atoms with Gasteiger partial charge in [-0.2, -0.15) is 0 Å². The molecule has 0 bridgehead atoms. The molecule has 0 radical (unpaired) electrons. The molecule has 2 aromatic rings. The van der Waals surface area contributed by atoms with Crippen LogP contribution in [0.5, 0.6) is 0 Å². The predicted molar refractivity (Wildman–Crippen MR) is 58.8 cm³/mol. The number of rotatable bonds is 3. The lowest BCUT2D eigenvalue weighted by Crippen LogP contribution is -2.01. The van der Waals surface area contributed by atoms with E-state index >= 15 is 0 Å². The summed E-state index contributed by atoms with van der Waals surface area (Å²) in [5, 5.41) is 10.1. The Kier molecular flexibility index (Phi) is 3.27. The molecule has 1 N–H and O–H groups in total. The summed E-state index contributed by atoms with van der Waals surface area (Å²) in [5.41, 5.74) is 0.446. The number of aliphatic hydroxyl groups is 1. The topological polar surface area (TPSA) is 33.4 Å². The van der Waals surface area contributed by atoms with Crippen LogP contribution >= 0.6 is 11.6 Å². The molecule has 0 aliphatic rings. The van der Waals surface area contributed by atoms with Crippen molar-refractivity contribution in [1.82, 2.24) is 0 Å². The first kappa shape index (κ1) is 11.2. The summed E-state index contributed by atoms with van der Waals surface area (Å²) in [6, 6.07) is 7.49. The van der Waals surface area contributed by atoms with E-state index in [-0.39, 0.29) is 5.02 Å². The summed E-state index contributed by atoms with van der Waals surface area (Å²) in [6.45, 7) is 0. The fourth-order valence-corrected chi connectivity index (χ4v) is 1.73. The largest absolute Gasteiger partial charge is 0.469 e. The van der Waals surface area contributed by atoms with E-state index in [2.05, 4.69) is 0 Å². The lowest BCUT2D eigenvalue weighted by molar-refractivity contribution is 0.170. The molecule has 1 atom stereocenters. The van der Waals surface area contributed by atoms with Crippen LogP contribution < -0.4 is 0 Å². The van der Waals surface area contributed by atoms with Crippen LogP contribution in [0.3, 0.4) is 0 Å². The molecule has 0 aliphatic carbocycles. The minimum atomic E-state index is -0.820. The van der Waals surface area contributed by atoms with Crippen LogP contribution in [-0.2, 0) is 6.42 Å². The van der Waals surface area contributed by atoms with Gasteiger partial charge in [0, 0.05) is 11.4 Å². The van der Waals surface area contributed by atoms with Gasteiger partial charge in [-0.1, -0.05) is 11.6 Å². The lowest BCUT2D eigenvalue weighted by atomic mass is 10.1. The normalized spacial score (nSPS) is 12.7. The zero-order chi connectivity index (χ0) is 11.5. The fraction of sp³-hybridized carbons (Fsp3) is 0.167. The second-order valence-corrected chi connectivity index (χ2v) is 3.94. The molecule has 2 rings (SSSR count). The smallest absolute Gasteiger partial charge is 0.125 e. The molecule has 0 aliphatic heterocycles. The van der Waals surface area contributed by atoms with E-state index in [1.807, 2.05) is 0 Å². The van der Waals surface area contributed by atoms with E-state index in [4.69, 9.17) is 16.0 Å². The zero-order valence-electron chi connectivity index (χ0n) is 8.36. The first-order chi connectivity index (χ1) is 7.65. The van der Waals surface area contributed by atoms with Crippen LogP contribution in [0.2, 0.25) is 5.02 Å². The maximum Gasteiger partial charge on any atom is 0.125 e. The van der Waals surface area contributed by atoms with Gasteiger partial charge < -0.3 is 9.52 Å². The average Bonchev–Trinajstić information content (AvgIpc) is 2.68. The molecule has 1 aromatic heterocycles. The second kappa shape index (κ2) is 4.68. The Morgan fingerprint density at radius 1 is 1.38 bits per heavy atom. The van der Waals surface area contributed by atoms with E-state index in [9.17, 15) is 9.50 Å². The standard InChI is InChI=1S/C12H10ClFO2/c13-9-4-8(5-10(14)6-9)12(15)7-11-2-1-3-16-11/h1-6,12,15H,7H2.